The summed E-state index contributed by atoms with van der Waals surface area (Å²) in [5, 5.41) is 22.8. The van der Waals surface area contributed by atoms with Crippen molar-refractivity contribution in [3.8, 4) is 11.5 Å². The van der Waals surface area contributed by atoms with Gasteiger partial charge in [-0.2, -0.15) is 0 Å². The quantitative estimate of drug-likeness (QED) is 0.717. The zero-order chi connectivity index (χ0) is 13.1. The highest BCUT2D eigenvalue weighted by Crippen LogP contribution is 2.32. The molecular formula is C14H22N2O2. The van der Waals surface area contributed by atoms with Crippen molar-refractivity contribution >= 4 is 0 Å². The average molecular weight is 250 g/mol. The first kappa shape index (κ1) is 13.2. The van der Waals surface area contributed by atoms with Gasteiger partial charge in [0.1, 0.15) is 11.5 Å². The number of nitrogens with one attached hydrogen (secondary N) is 1. The number of likely N-dealkylation sites (N-methyl/N-ethyl adjacent to an activating group) is 1. The Bertz CT molecular complexity index is 403. The second-order valence-electron chi connectivity index (χ2n) is 5.08. The van der Waals surface area contributed by atoms with Crippen LogP contribution in [0.2, 0.25) is 0 Å². The van der Waals surface area contributed by atoms with Crippen LogP contribution in [0.5, 0.6) is 11.5 Å². The maximum absolute atomic E-state index is 9.90. The first-order chi connectivity index (χ1) is 8.59. The van der Waals surface area contributed by atoms with Gasteiger partial charge in [0.15, 0.2) is 0 Å². The van der Waals surface area contributed by atoms with Crippen molar-refractivity contribution in [2.24, 2.45) is 0 Å². The fourth-order valence-corrected chi connectivity index (χ4v) is 2.59. The lowest BCUT2D eigenvalue weighted by atomic mass is 10.0. The van der Waals surface area contributed by atoms with Gasteiger partial charge in [-0.25, -0.2) is 0 Å². The molecule has 1 aliphatic rings. The predicted molar refractivity (Wildman–Crippen MR) is 71.8 cm³/mol. The van der Waals surface area contributed by atoms with E-state index in [0.717, 1.165) is 18.7 Å². The van der Waals surface area contributed by atoms with Crippen LogP contribution in [0.3, 0.4) is 0 Å². The summed E-state index contributed by atoms with van der Waals surface area (Å²) in [5.41, 5.74) is 0.781. The molecule has 4 nitrogen and oxygen atoms in total. The van der Waals surface area contributed by atoms with Gasteiger partial charge in [0.25, 0.3) is 0 Å². The molecule has 18 heavy (non-hydrogen) atoms. The number of phenolic OH excluding ortho intramolecular Hbond substituents is 2. The number of hydrogen-bond donors (Lipinski definition) is 3. The molecule has 2 unspecified atom stereocenters. The largest absolute Gasteiger partial charge is 0.508 e. The minimum absolute atomic E-state index is 0.0852. The molecule has 0 amide bonds. The molecule has 2 atom stereocenters. The highest BCUT2D eigenvalue weighted by molar-refractivity contribution is 5.40. The fourth-order valence-electron chi connectivity index (χ4n) is 2.59. The van der Waals surface area contributed by atoms with Gasteiger partial charge in [0, 0.05) is 24.2 Å². The number of benzene rings is 1. The fraction of sp³-hybridized carbons (Fsp3) is 0.571. The maximum Gasteiger partial charge on any atom is 0.120 e. The summed E-state index contributed by atoms with van der Waals surface area (Å²) in [6, 6.07) is 5.27. The summed E-state index contributed by atoms with van der Waals surface area (Å²) in [6.07, 6.45) is 2.36. The van der Waals surface area contributed by atoms with Crippen molar-refractivity contribution in [1.82, 2.24) is 10.2 Å². The smallest absolute Gasteiger partial charge is 0.120 e. The van der Waals surface area contributed by atoms with Crippen LogP contribution in [0, 0.1) is 0 Å². The molecule has 0 spiro atoms. The molecule has 1 aromatic carbocycles. The maximum atomic E-state index is 9.90. The number of phenols is 2. The lowest BCUT2D eigenvalue weighted by molar-refractivity contribution is 0.154. The SMILES string of the molecule is CC(c1cc(O)ccc1O)N(C)C1CCCNC1. The van der Waals surface area contributed by atoms with Crippen LogP contribution in [-0.4, -0.2) is 41.3 Å². The van der Waals surface area contributed by atoms with Gasteiger partial charge >= 0.3 is 0 Å². The average Bonchev–Trinajstić information content (AvgIpc) is 2.41. The molecule has 0 aliphatic carbocycles. The molecule has 1 aliphatic heterocycles. The number of piperidine rings is 1. The van der Waals surface area contributed by atoms with Gasteiger partial charge < -0.3 is 15.5 Å². The Kier molecular flexibility index (Phi) is 4.09. The standard InChI is InChI=1S/C14H22N2O2/c1-10(13-8-12(17)5-6-14(13)18)16(2)11-4-3-7-15-9-11/h5-6,8,10-11,15,17-18H,3-4,7,9H2,1-2H3. The normalized spacial score (nSPS) is 22.1. The zero-order valence-electron chi connectivity index (χ0n) is 11.1. The third-order valence-corrected chi connectivity index (χ3v) is 3.92. The number of nitrogens with zero attached hydrogens (tertiary/aromatic N) is 1. The number of aromatic hydroxyl groups is 2. The zero-order valence-corrected chi connectivity index (χ0v) is 11.1. The Labute approximate surface area is 108 Å². The van der Waals surface area contributed by atoms with Gasteiger partial charge in [0.05, 0.1) is 0 Å². The Balaban J connectivity index is 2.13. The van der Waals surface area contributed by atoms with Crippen molar-refractivity contribution in [3.63, 3.8) is 0 Å². The van der Waals surface area contributed by atoms with Gasteiger partial charge in [0.2, 0.25) is 0 Å². The number of hydrogen-bond acceptors (Lipinski definition) is 4. The monoisotopic (exact) mass is 250 g/mol. The molecule has 2 rings (SSSR count). The molecule has 3 N–H and O–H groups in total. The van der Waals surface area contributed by atoms with Crippen molar-refractivity contribution in [2.45, 2.75) is 31.8 Å². The van der Waals surface area contributed by atoms with Crippen LogP contribution in [0.15, 0.2) is 18.2 Å². The van der Waals surface area contributed by atoms with E-state index in [-0.39, 0.29) is 17.5 Å². The van der Waals surface area contributed by atoms with E-state index >= 15 is 0 Å². The van der Waals surface area contributed by atoms with E-state index in [1.807, 2.05) is 0 Å². The third-order valence-electron chi connectivity index (χ3n) is 3.92. The number of rotatable bonds is 3. The summed E-state index contributed by atoms with van der Waals surface area (Å²) in [4.78, 5) is 2.26. The lowest BCUT2D eigenvalue weighted by Crippen LogP contribution is -2.45. The van der Waals surface area contributed by atoms with Gasteiger partial charge in [-0.1, -0.05) is 0 Å². The van der Waals surface area contributed by atoms with E-state index in [4.69, 9.17) is 0 Å². The van der Waals surface area contributed by atoms with E-state index in [9.17, 15) is 10.2 Å². The Morgan fingerprint density at radius 3 is 2.83 bits per heavy atom. The molecule has 1 heterocycles. The van der Waals surface area contributed by atoms with E-state index in [2.05, 4.69) is 24.2 Å². The second-order valence-corrected chi connectivity index (χ2v) is 5.08. The Morgan fingerprint density at radius 2 is 2.17 bits per heavy atom. The van der Waals surface area contributed by atoms with E-state index in [1.54, 1.807) is 12.1 Å². The van der Waals surface area contributed by atoms with Crippen LogP contribution in [0.25, 0.3) is 0 Å². The van der Waals surface area contributed by atoms with Crippen molar-refractivity contribution < 1.29 is 10.2 Å². The van der Waals surface area contributed by atoms with Gasteiger partial charge in [-0.05, 0) is 51.6 Å². The highest BCUT2D eigenvalue weighted by Gasteiger charge is 2.24. The van der Waals surface area contributed by atoms with Crippen LogP contribution < -0.4 is 5.32 Å². The Hall–Kier alpha value is -1.26. The summed E-state index contributed by atoms with van der Waals surface area (Å²) in [7, 11) is 2.08. The van der Waals surface area contributed by atoms with Crippen molar-refractivity contribution in [3.05, 3.63) is 23.8 Å². The van der Waals surface area contributed by atoms with Crippen LogP contribution in [0.4, 0.5) is 0 Å². The molecule has 0 aromatic heterocycles. The van der Waals surface area contributed by atoms with Gasteiger partial charge in [-0.15, -0.1) is 0 Å². The summed E-state index contributed by atoms with van der Waals surface area (Å²) < 4.78 is 0. The molecular weight excluding hydrogens is 228 g/mol. The first-order valence-corrected chi connectivity index (χ1v) is 6.54. The molecule has 1 saturated heterocycles. The van der Waals surface area contributed by atoms with Gasteiger partial charge in [-0.3, -0.25) is 4.90 Å². The molecule has 0 saturated carbocycles. The van der Waals surface area contributed by atoms with Crippen LogP contribution in [0.1, 0.15) is 31.4 Å². The van der Waals surface area contributed by atoms with Crippen LogP contribution in [-0.2, 0) is 0 Å². The topological polar surface area (TPSA) is 55.7 Å². The lowest BCUT2D eigenvalue weighted by Gasteiger charge is -2.36. The Morgan fingerprint density at radius 1 is 1.39 bits per heavy atom. The van der Waals surface area contributed by atoms with E-state index < -0.39 is 0 Å². The molecule has 0 bridgehead atoms. The van der Waals surface area contributed by atoms with Crippen LogP contribution >= 0.6 is 0 Å². The minimum atomic E-state index is 0.0852. The summed E-state index contributed by atoms with van der Waals surface area (Å²) in [5.74, 6) is 0.445. The molecule has 1 aromatic rings. The van der Waals surface area contributed by atoms with Crippen molar-refractivity contribution in [1.29, 1.82) is 0 Å². The second kappa shape index (κ2) is 5.59. The van der Waals surface area contributed by atoms with E-state index in [0.29, 0.717) is 6.04 Å². The molecule has 0 radical (unpaired) electrons. The summed E-state index contributed by atoms with van der Waals surface area (Å²) in [6.45, 7) is 4.14. The minimum Gasteiger partial charge on any atom is -0.508 e. The van der Waals surface area contributed by atoms with E-state index in [1.165, 1.54) is 18.9 Å². The molecule has 1 fully saturated rings. The predicted octanol–water partition coefficient (Wildman–Crippen LogP) is 1.84. The highest BCUT2D eigenvalue weighted by atomic mass is 16.3. The molecule has 100 valence electrons. The first-order valence-electron chi connectivity index (χ1n) is 6.54. The van der Waals surface area contributed by atoms with Crippen molar-refractivity contribution in [2.75, 3.05) is 20.1 Å². The molecule has 4 heteroatoms. The summed E-state index contributed by atoms with van der Waals surface area (Å²) >= 11 is 0. The third kappa shape index (κ3) is 2.76.